The van der Waals surface area contributed by atoms with Crippen molar-refractivity contribution >= 4 is 47.2 Å². The molecular weight excluding hydrogens is 496 g/mol. The maximum Gasteiger partial charge on any atom is 0.326 e. The zero-order valence-electron chi connectivity index (χ0n) is 21.2. The molecule has 37 heavy (non-hydrogen) atoms. The molecular formula is C25H38N6O5S. The summed E-state index contributed by atoms with van der Waals surface area (Å²) in [6.07, 6.45) is 3.36. The number of thiol groups is 1. The molecule has 12 heteroatoms. The molecule has 1 heterocycles. The molecule has 204 valence electrons. The van der Waals surface area contributed by atoms with Crippen molar-refractivity contribution in [1.29, 1.82) is 0 Å². The van der Waals surface area contributed by atoms with Gasteiger partial charge in [-0.15, -0.1) is 0 Å². The number of para-hydroxylation sites is 1. The number of nitrogens with two attached hydrogens (primary N) is 2. The van der Waals surface area contributed by atoms with E-state index in [1.807, 2.05) is 24.3 Å². The van der Waals surface area contributed by atoms with Crippen LogP contribution in [-0.2, 0) is 25.6 Å². The number of benzene rings is 1. The second kappa shape index (κ2) is 14.6. The predicted molar refractivity (Wildman–Crippen MR) is 145 cm³/mol. The molecule has 2 aromatic rings. The van der Waals surface area contributed by atoms with Gasteiger partial charge in [-0.25, -0.2) is 4.79 Å². The minimum atomic E-state index is -1.17. The van der Waals surface area contributed by atoms with E-state index >= 15 is 0 Å². The molecule has 0 saturated heterocycles. The molecule has 11 nitrogen and oxygen atoms in total. The first-order valence-electron chi connectivity index (χ1n) is 12.3. The monoisotopic (exact) mass is 534 g/mol. The highest BCUT2D eigenvalue weighted by atomic mass is 32.1. The second-order valence-electron chi connectivity index (χ2n) is 9.33. The third-order valence-corrected chi connectivity index (χ3v) is 6.47. The van der Waals surface area contributed by atoms with Gasteiger partial charge in [-0.1, -0.05) is 32.0 Å². The van der Waals surface area contributed by atoms with Crippen LogP contribution < -0.4 is 27.4 Å². The summed E-state index contributed by atoms with van der Waals surface area (Å²) in [6.45, 7) is 3.79. The second-order valence-corrected chi connectivity index (χ2v) is 9.69. The Morgan fingerprint density at radius 2 is 1.65 bits per heavy atom. The lowest BCUT2D eigenvalue weighted by Gasteiger charge is -2.26. The molecule has 1 aromatic heterocycles. The van der Waals surface area contributed by atoms with Gasteiger partial charge in [0.15, 0.2) is 0 Å². The van der Waals surface area contributed by atoms with E-state index in [2.05, 4.69) is 33.6 Å². The molecule has 0 aliphatic rings. The Balaban J connectivity index is 2.31. The highest BCUT2D eigenvalue weighted by molar-refractivity contribution is 7.80. The Hall–Kier alpha value is -3.09. The Kier molecular flexibility index (Phi) is 11.9. The molecule has 0 bridgehead atoms. The fourth-order valence-corrected chi connectivity index (χ4v) is 4.06. The number of hydrogen-bond acceptors (Lipinski definition) is 7. The summed E-state index contributed by atoms with van der Waals surface area (Å²) in [4.78, 5) is 53.8. The number of carbonyl (C=O) groups is 4. The summed E-state index contributed by atoms with van der Waals surface area (Å²) >= 11 is 4.03. The van der Waals surface area contributed by atoms with E-state index in [0.717, 1.165) is 16.5 Å². The van der Waals surface area contributed by atoms with Crippen LogP contribution in [-0.4, -0.2) is 70.2 Å². The molecule has 1 aromatic carbocycles. The smallest absolute Gasteiger partial charge is 0.326 e. The molecule has 3 amide bonds. The number of unbranched alkanes of at least 4 members (excludes halogenated alkanes) is 1. The number of carboxylic acid groups (broad SMARTS) is 1. The first kappa shape index (κ1) is 30.1. The topological polar surface area (TPSA) is 192 Å². The SMILES string of the molecule is CC(C)C(NC(=O)C(Cc1c[nH]c2ccccc12)NC(=O)C(CCCCN)NC(=O)C(N)CS)C(=O)O. The van der Waals surface area contributed by atoms with Crippen molar-refractivity contribution in [3.05, 3.63) is 36.0 Å². The molecule has 2 rings (SSSR count). The molecule has 4 atom stereocenters. The van der Waals surface area contributed by atoms with E-state index < -0.39 is 47.9 Å². The van der Waals surface area contributed by atoms with Crippen LogP contribution in [0.5, 0.6) is 0 Å². The molecule has 0 fully saturated rings. The van der Waals surface area contributed by atoms with Gasteiger partial charge in [-0.05, 0) is 43.4 Å². The maximum atomic E-state index is 13.3. The normalized spacial score (nSPS) is 14.5. The molecule has 0 aliphatic heterocycles. The van der Waals surface area contributed by atoms with Gasteiger partial charge in [-0.2, -0.15) is 12.6 Å². The number of carboxylic acids is 1. The lowest BCUT2D eigenvalue weighted by Crippen LogP contribution is -2.58. The summed E-state index contributed by atoms with van der Waals surface area (Å²) in [5, 5.41) is 18.3. The van der Waals surface area contributed by atoms with E-state index in [1.54, 1.807) is 20.0 Å². The highest BCUT2D eigenvalue weighted by Gasteiger charge is 2.31. The first-order chi connectivity index (χ1) is 17.6. The number of hydrogen-bond donors (Lipinski definition) is 8. The fourth-order valence-electron chi connectivity index (χ4n) is 3.89. The molecule has 4 unspecified atom stereocenters. The molecule has 0 radical (unpaired) electrons. The summed E-state index contributed by atoms with van der Waals surface area (Å²) < 4.78 is 0. The van der Waals surface area contributed by atoms with Gasteiger partial charge < -0.3 is 37.5 Å². The summed E-state index contributed by atoms with van der Waals surface area (Å²) in [5.74, 6) is -3.20. The molecule has 0 saturated carbocycles. The quantitative estimate of drug-likeness (QED) is 0.119. The van der Waals surface area contributed by atoms with Crippen LogP contribution in [0.1, 0.15) is 38.7 Å². The van der Waals surface area contributed by atoms with E-state index in [1.165, 1.54) is 0 Å². The van der Waals surface area contributed by atoms with Crippen LogP contribution in [0.15, 0.2) is 30.5 Å². The van der Waals surface area contributed by atoms with Crippen LogP contribution in [0.3, 0.4) is 0 Å². The minimum Gasteiger partial charge on any atom is -0.480 e. The van der Waals surface area contributed by atoms with Crippen LogP contribution in [0.2, 0.25) is 0 Å². The van der Waals surface area contributed by atoms with Gasteiger partial charge in [-0.3, -0.25) is 14.4 Å². The van der Waals surface area contributed by atoms with Crippen molar-refractivity contribution in [2.45, 2.75) is 63.7 Å². The number of aliphatic carboxylic acids is 1. The van der Waals surface area contributed by atoms with Gasteiger partial charge in [0.2, 0.25) is 17.7 Å². The number of H-pyrrole nitrogens is 1. The lowest BCUT2D eigenvalue weighted by atomic mass is 10.0. The first-order valence-corrected chi connectivity index (χ1v) is 13.0. The van der Waals surface area contributed by atoms with Gasteiger partial charge in [0.05, 0.1) is 6.04 Å². The highest BCUT2D eigenvalue weighted by Crippen LogP contribution is 2.19. The molecule has 9 N–H and O–H groups in total. The number of nitrogens with one attached hydrogen (secondary N) is 4. The van der Waals surface area contributed by atoms with E-state index in [0.29, 0.717) is 25.8 Å². The lowest BCUT2D eigenvalue weighted by molar-refractivity contribution is -0.143. The van der Waals surface area contributed by atoms with Gasteiger partial charge in [0.25, 0.3) is 0 Å². The standard InChI is InChI=1S/C25H38N6O5S/c1-14(2)21(25(35)36)31-24(34)20(11-15-12-28-18-8-4-3-7-16(15)18)30-23(33)19(9-5-6-10-26)29-22(32)17(27)13-37/h3-4,7-8,12,14,17,19-21,28,37H,5-6,9-11,13,26-27H2,1-2H3,(H,29,32)(H,30,33)(H,31,34)(H,35,36). The number of aromatic nitrogens is 1. The number of aromatic amines is 1. The van der Waals surface area contributed by atoms with Gasteiger partial charge in [0.1, 0.15) is 18.1 Å². The fraction of sp³-hybridized carbons (Fsp3) is 0.520. The average molecular weight is 535 g/mol. The summed E-state index contributed by atoms with van der Waals surface area (Å²) in [6, 6.07) is 3.42. The molecule has 0 aliphatic carbocycles. The Bertz CT molecular complexity index is 1070. The minimum absolute atomic E-state index is 0.0976. The number of amides is 3. The third kappa shape index (κ3) is 8.76. The Labute approximate surface area is 221 Å². The van der Waals surface area contributed by atoms with Crippen LogP contribution in [0, 0.1) is 5.92 Å². The van der Waals surface area contributed by atoms with Crippen molar-refractivity contribution in [3.63, 3.8) is 0 Å². The zero-order chi connectivity index (χ0) is 27.5. The molecule has 0 spiro atoms. The summed E-state index contributed by atoms with van der Waals surface area (Å²) in [5.41, 5.74) is 13.0. The maximum absolute atomic E-state index is 13.3. The number of carbonyl (C=O) groups excluding carboxylic acids is 3. The van der Waals surface area contributed by atoms with Crippen LogP contribution >= 0.6 is 12.6 Å². The van der Waals surface area contributed by atoms with Crippen molar-refractivity contribution in [3.8, 4) is 0 Å². The van der Waals surface area contributed by atoms with Crippen LogP contribution in [0.4, 0.5) is 0 Å². The van der Waals surface area contributed by atoms with E-state index in [9.17, 15) is 24.3 Å². The average Bonchev–Trinajstić information content (AvgIpc) is 3.27. The van der Waals surface area contributed by atoms with Crippen molar-refractivity contribution in [2.75, 3.05) is 12.3 Å². The number of fused-ring (bicyclic) bond motifs is 1. The Morgan fingerprint density at radius 3 is 2.27 bits per heavy atom. The number of rotatable bonds is 15. The van der Waals surface area contributed by atoms with Gasteiger partial charge >= 0.3 is 5.97 Å². The zero-order valence-corrected chi connectivity index (χ0v) is 22.1. The van der Waals surface area contributed by atoms with Gasteiger partial charge in [0, 0.05) is 29.3 Å². The van der Waals surface area contributed by atoms with Crippen molar-refractivity contribution < 1.29 is 24.3 Å². The summed E-state index contributed by atoms with van der Waals surface area (Å²) in [7, 11) is 0. The van der Waals surface area contributed by atoms with Crippen LogP contribution in [0.25, 0.3) is 10.9 Å². The largest absolute Gasteiger partial charge is 0.480 e. The van der Waals surface area contributed by atoms with E-state index in [-0.39, 0.29) is 18.1 Å². The predicted octanol–water partition coefficient (Wildman–Crippen LogP) is 0.292. The Morgan fingerprint density at radius 1 is 1.00 bits per heavy atom. The van der Waals surface area contributed by atoms with E-state index in [4.69, 9.17) is 11.5 Å². The van der Waals surface area contributed by atoms with Crippen molar-refractivity contribution in [2.24, 2.45) is 17.4 Å². The van der Waals surface area contributed by atoms with Crippen molar-refractivity contribution in [1.82, 2.24) is 20.9 Å². The third-order valence-electron chi connectivity index (χ3n) is 6.08.